The van der Waals surface area contributed by atoms with Crippen LogP contribution in [0.25, 0.3) is 21.6 Å². The summed E-state index contributed by atoms with van der Waals surface area (Å²) in [7, 11) is -3.79. The minimum absolute atomic E-state index is 0.0172. The summed E-state index contributed by atoms with van der Waals surface area (Å²) in [5.41, 5.74) is 3.31. The van der Waals surface area contributed by atoms with Crippen molar-refractivity contribution in [2.75, 3.05) is 13.2 Å². The van der Waals surface area contributed by atoms with Crippen LogP contribution in [0, 0.1) is 6.92 Å². The van der Waals surface area contributed by atoms with Gasteiger partial charge in [-0.2, -0.15) is 0 Å². The van der Waals surface area contributed by atoms with Crippen LogP contribution in [-0.2, 0) is 14.8 Å². The molecule has 8 heteroatoms. The van der Waals surface area contributed by atoms with E-state index in [2.05, 4.69) is 0 Å². The molecule has 2 N–H and O–H groups in total. The number of hydrogen-bond donors (Lipinski definition) is 1. The maximum Gasteiger partial charge on any atom is 0.348 e. The molecule has 0 unspecified atom stereocenters. The molecular formula is C22H23NO5S2. The molecule has 0 amide bonds. The normalized spacial score (nSPS) is 11.3. The fraction of sp³-hybridized carbons (Fsp3) is 0.227. The molecule has 0 spiro atoms. The van der Waals surface area contributed by atoms with Crippen molar-refractivity contribution < 1.29 is 22.7 Å². The molecule has 0 aliphatic rings. The summed E-state index contributed by atoms with van der Waals surface area (Å²) in [4.78, 5) is 14.1. The molecule has 0 saturated carbocycles. The highest BCUT2D eigenvalue weighted by Crippen LogP contribution is 2.42. The molecule has 0 radical (unpaired) electrons. The van der Waals surface area contributed by atoms with Gasteiger partial charge in [-0.3, -0.25) is 0 Å². The fourth-order valence-electron chi connectivity index (χ4n) is 3.16. The van der Waals surface area contributed by atoms with Crippen molar-refractivity contribution in [1.82, 2.24) is 0 Å². The Morgan fingerprint density at radius 3 is 2.10 bits per heavy atom. The van der Waals surface area contributed by atoms with Crippen LogP contribution in [0.3, 0.4) is 0 Å². The van der Waals surface area contributed by atoms with Gasteiger partial charge in [-0.25, -0.2) is 18.4 Å². The fourth-order valence-corrected chi connectivity index (χ4v) is 4.90. The van der Waals surface area contributed by atoms with E-state index in [9.17, 15) is 13.2 Å². The van der Waals surface area contributed by atoms with E-state index in [1.807, 2.05) is 38.1 Å². The first-order valence-corrected chi connectivity index (χ1v) is 11.8. The maximum absolute atomic E-state index is 12.7. The van der Waals surface area contributed by atoms with Gasteiger partial charge < -0.3 is 9.47 Å². The zero-order valence-electron chi connectivity index (χ0n) is 17.0. The number of thiophene rings is 1. The number of nitrogens with two attached hydrogens (primary N) is 1. The van der Waals surface area contributed by atoms with Crippen LogP contribution in [0.15, 0.2) is 53.4 Å². The number of carbonyl (C=O) groups is 1. The first-order chi connectivity index (χ1) is 14.3. The van der Waals surface area contributed by atoms with Crippen LogP contribution < -0.4 is 9.88 Å². The molecule has 158 valence electrons. The number of esters is 1. The lowest BCUT2D eigenvalue weighted by atomic mass is 9.99. The van der Waals surface area contributed by atoms with Crippen molar-refractivity contribution in [2.45, 2.75) is 25.7 Å². The number of primary sulfonamides is 1. The molecule has 30 heavy (non-hydrogen) atoms. The largest absolute Gasteiger partial charge is 0.494 e. The molecule has 0 atom stereocenters. The van der Waals surface area contributed by atoms with E-state index in [0.29, 0.717) is 11.5 Å². The number of hydrogen-bond acceptors (Lipinski definition) is 6. The summed E-state index contributed by atoms with van der Waals surface area (Å²) in [6, 6.07) is 13.9. The Labute approximate surface area is 180 Å². The average Bonchev–Trinajstić information content (AvgIpc) is 3.06. The standard InChI is InChI=1S/C22H23NO5S2/c1-4-27-17-10-6-16(7-11-17)20-14(3)19(21(29-20)22(24)28-5-2)15-8-12-18(13-9-15)30(23,25)26/h6-13H,4-5H2,1-3H3,(H2,23,25,26). The second kappa shape index (κ2) is 8.99. The molecule has 2 aromatic carbocycles. The summed E-state index contributed by atoms with van der Waals surface area (Å²) >= 11 is 1.35. The highest BCUT2D eigenvalue weighted by Gasteiger charge is 2.24. The summed E-state index contributed by atoms with van der Waals surface area (Å²) < 4.78 is 33.9. The number of sulfonamides is 1. The first kappa shape index (κ1) is 22.0. The van der Waals surface area contributed by atoms with Crippen molar-refractivity contribution >= 4 is 27.3 Å². The summed E-state index contributed by atoms with van der Waals surface area (Å²) in [5, 5.41) is 5.20. The number of benzene rings is 2. The minimum Gasteiger partial charge on any atom is -0.494 e. The molecule has 3 rings (SSSR count). The third-order valence-electron chi connectivity index (χ3n) is 4.51. The van der Waals surface area contributed by atoms with Gasteiger partial charge in [-0.05, 0) is 73.9 Å². The molecule has 0 aliphatic carbocycles. The van der Waals surface area contributed by atoms with Crippen molar-refractivity contribution in [2.24, 2.45) is 5.14 Å². The van der Waals surface area contributed by atoms with E-state index in [4.69, 9.17) is 14.6 Å². The van der Waals surface area contributed by atoms with Crippen LogP contribution in [0.1, 0.15) is 29.1 Å². The van der Waals surface area contributed by atoms with E-state index in [0.717, 1.165) is 32.9 Å². The molecule has 6 nitrogen and oxygen atoms in total. The topological polar surface area (TPSA) is 95.7 Å². The number of ether oxygens (including phenoxy) is 2. The Morgan fingerprint density at radius 1 is 0.967 bits per heavy atom. The zero-order valence-corrected chi connectivity index (χ0v) is 18.6. The molecule has 0 fully saturated rings. The third kappa shape index (κ3) is 4.56. The van der Waals surface area contributed by atoms with Gasteiger partial charge in [0.15, 0.2) is 0 Å². The summed E-state index contributed by atoms with van der Waals surface area (Å²) in [6.45, 7) is 6.47. The van der Waals surface area contributed by atoms with Crippen LogP contribution in [0.5, 0.6) is 5.75 Å². The summed E-state index contributed by atoms with van der Waals surface area (Å²) in [5.74, 6) is 0.369. The van der Waals surface area contributed by atoms with E-state index in [1.165, 1.54) is 23.5 Å². The second-order valence-corrected chi connectivity index (χ2v) is 9.09. The second-order valence-electron chi connectivity index (χ2n) is 6.51. The maximum atomic E-state index is 12.7. The van der Waals surface area contributed by atoms with Crippen molar-refractivity contribution in [3.63, 3.8) is 0 Å². The van der Waals surface area contributed by atoms with E-state index in [1.54, 1.807) is 19.1 Å². The Bertz CT molecular complexity index is 1150. The van der Waals surface area contributed by atoms with Crippen LogP contribution in [0.4, 0.5) is 0 Å². The van der Waals surface area contributed by atoms with Gasteiger partial charge in [0.2, 0.25) is 10.0 Å². The van der Waals surface area contributed by atoms with Crippen molar-refractivity contribution in [3.8, 4) is 27.3 Å². The summed E-state index contributed by atoms with van der Waals surface area (Å²) in [6.07, 6.45) is 0. The molecular weight excluding hydrogens is 422 g/mol. The average molecular weight is 446 g/mol. The highest BCUT2D eigenvalue weighted by molar-refractivity contribution is 7.89. The molecule has 0 saturated heterocycles. The Kier molecular flexibility index (Phi) is 6.60. The quantitative estimate of drug-likeness (QED) is 0.536. The first-order valence-electron chi connectivity index (χ1n) is 9.43. The van der Waals surface area contributed by atoms with E-state index < -0.39 is 16.0 Å². The zero-order chi connectivity index (χ0) is 21.9. The van der Waals surface area contributed by atoms with Gasteiger partial charge in [0, 0.05) is 10.4 Å². The monoisotopic (exact) mass is 445 g/mol. The van der Waals surface area contributed by atoms with Gasteiger partial charge >= 0.3 is 5.97 Å². The molecule has 1 heterocycles. The SMILES string of the molecule is CCOC(=O)c1sc(-c2ccc(OCC)cc2)c(C)c1-c1ccc(S(N)(=O)=O)cc1. The highest BCUT2D eigenvalue weighted by atomic mass is 32.2. The predicted molar refractivity (Wildman–Crippen MR) is 118 cm³/mol. The van der Waals surface area contributed by atoms with Crippen LogP contribution in [0.2, 0.25) is 0 Å². The van der Waals surface area contributed by atoms with Crippen LogP contribution >= 0.6 is 11.3 Å². The molecule has 0 aliphatic heterocycles. The van der Waals surface area contributed by atoms with Gasteiger partial charge in [0.05, 0.1) is 18.1 Å². The van der Waals surface area contributed by atoms with Gasteiger partial charge in [-0.1, -0.05) is 12.1 Å². The lowest BCUT2D eigenvalue weighted by Gasteiger charge is -2.07. The van der Waals surface area contributed by atoms with Crippen LogP contribution in [-0.4, -0.2) is 27.6 Å². The lowest BCUT2D eigenvalue weighted by Crippen LogP contribution is -2.11. The molecule has 0 bridgehead atoms. The van der Waals surface area contributed by atoms with Crippen molar-refractivity contribution in [1.29, 1.82) is 0 Å². The molecule has 3 aromatic rings. The Hall–Kier alpha value is -2.68. The smallest absolute Gasteiger partial charge is 0.348 e. The lowest BCUT2D eigenvalue weighted by molar-refractivity contribution is 0.0533. The van der Waals surface area contributed by atoms with Gasteiger partial charge in [0.1, 0.15) is 10.6 Å². The third-order valence-corrected chi connectivity index (χ3v) is 6.76. The molecule has 1 aromatic heterocycles. The van der Waals surface area contributed by atoms with E-state index in [-0.39, 0.29) is 11.5 Å². The Morgan fingerprint density at radius 2 is 1.57 bits per heavy atom. The number of carbonyl (C=O) groups excluding carboxylic acids is 1. The van der Waals surface area contributed by atoms with E-state index >= 15 is 0 Å². The number of rotatable bonds is 7. The van der Waals surface area contributed by atoms with Crippen molar-refractivity contribution in [3.05, 3.63) is 59.0 Å². The van der Waals surface area contributed by atoms with Gasteiger partial charge in [-0.15, -0.1) is 11.3 Å². The van der Waals surface area contributed by atoms with Gasteiger partial charge in [0.25, 0.3) is 0 Å². The Balaban J connectivity index is 2.12. The minimum atomic E-state index is -3.79. The predicted octanol–water partition coefficient (Wildman–Crippen LogP) is 4.61.